The van der Waals surface area contributed by atoms with Gasteiger partial charge in [0.25, 0.3) is 11.8 Å². The molecule has 0 spiro atoms. The molecule has 0 unspecified atom stereocenters. The van der Waals surface area contributed by atoms with Crippen LogP contribution in [0.1, 0.15) is 26.3 Å². The Kier molecular flexibility index (Phi) is 6.36. The number of anilines is 3. The van der Waals surface area contributed by atoms with Crippen LogP contribution >= 0.6 is 11.3 Å². The van der Waals surface area contributed by atoms with Crippen LogP contribution in [-0.2, 0) is 10.8 Å². The zero-order valence-electron chi connectivity index (χ0n) is 19.3. The number of nitrogens with zero attached hydrogens (tertiary/aromatic N) is 2. The molecule has 2 aromatic carbocycles. The minimum atomic E-state index is -0.861. The number of nitrogens with one attached hydrogen (secondary N) is 2. The zero-order valence-corrected chi connectivity index (χ0v) is 20.9. The summed E-state index contributed by atoms with van der Waals surface area (Å²) < 4.78 is 12.5. The van der Waals surface area contributed by atoms with Crippen molar-refractivity contribution in [2.24, 2.45) is 0 Å². The van der Waals surface area contributed by atoms with Crippen molar-refractivity contribution in [1.82, 2.24) is 9.88 Å². The molecule has 0 aliphatic carbocycles. The highest BCUT2D eigenvalue weighted by Gasteiger charge is 2.32. The summed E-state index contributed by atoms with van der Waals surface area (Å²) in [5, 5.41) is 8.96. The number of fused-ring (bicyclic) bond motifs is 1. The van der Waals surface area contributed by atoms with E-state index in [4.69, 9.17) is 0 Å². The molecule has 5 rings (SSSR count). The van der Waals surface area contributed by atoms with E-state index < -0.39 is 10.8 Å². The van der Waals surface area contributed by atoms with Crippen molar-refractivity contribution in [2.75, 3.05) is 29.2 Å². The maximum atomic E-state index is 13.3. The van der Waals surface area contributed by atoms with Crippen LogP contribution in [-0.4, -0.2) is 50.5 Å². The third-order valence-corrected chi connectivity index (χ3v) is 8.61. The molecule has 7 nitrogen and oxygen atoms in total. The highest BCUT2D eigenvalue weighted by atomic mass is 32.2. The molecule has 178 valence electrons. The van der Waals surface area contributed by atoms with Crippen LogP contribution in [0.25, 0.3) is 10.1 Å². The lowest BCUT2D eigenvalue weighted by Crippen LogP contribution is -2.51. The van der Waals surface area contributed by atoms with Crippen LogP contribution < -0.4 is 10.6 Å². The van der Waals surface area contributed by atoms with Crippen molar-refractivity contribution in [3.63, 3.8) is 0 Å². The van der Waals surface area contributed by atoms with Gasteiger partial charge in [0.05, 0.1) is 22.9 Å². The van der Waals surface area contributed by atoms with Gasteiger partial charge in [-0.05, 0) is 30.7 Å². The molecule has 1 aliphatic rings. The van der Waals surface area contributed by atoms with E-state index in [1.165, 1.54) is 17.5 Å². The summed E-state index contributed by atoms with van der Waals surface area (Å²) in [6, 6.07) is 17.1. The molecule has 0 bridgehead atoms. The number of hydrogen-bond acceptors (Lipinski definition) is 6. The Morgan fingerprint density at radius 2 is 1.83 bits per heavy atom. The van der Waals surface area contributed by atoms with E-state index in [1.54, 1.807) is 18.0 Å². The van der Waals surface area contributed by atoms with E-state index in [1.807, 2.05) is 60.8 Å². The topological polar surface area (TPSA) is 91.4 Å². The summed E-state index contributed by atoms with van der Waals surface area (Å²) >= 11 is 1.51. The van der Waals surface area contributed by atoms with Crippen molar-refractivity contribution in [1.29, 1.82) is 0 Å². The van der Waals surface area contributed by atoms with Crippen LogP contribution in [0.4, 0.5) is 17.2 Å². The lowest BCUT2D eigenvalue weighted by atomic mass is 10.1. The highest BCUT2D eigenvalue weighted by Crippen LogP contribution is 2.30. The summed E-state index contributed by atoms with van der Waals surface area (Å²) in [5.41, 5.74) is 3.20. The fourth-order valence-electron chi connectivity index (χ4n) is 3.93. The number of hydrogen-bond donors (Lipinski definition) is 2. The second-order valence-electron chi connectivity index (χ2n) is 8.50. The van der Waals surface area contributed by atoms with Crippen molar-refractivity contribution in [2.45, 2.75) is 13.0 Å². The summed E-state index contributed by atoms with van der Waals surface area (Å²) in [7, 11) is 0.846. The Balaban J connectivity index is 1.48. The quantitative estimate of drug-likeness (QED) is 0.394. The Hall–Kier alpha value is -3.56. The molecule has 2 amide bonds. The van der Waals surface area contributed by atoms with E-state index >= 15 is 0 Å². The lowest BCUT2D eigenvalue weighted by Gasteiger charge is -2.34. The molecule has 0 radical (unpaired) electrons. The first kappa shape index (κ1) is 23.2. The minimum Gasteiger partial charge on any atom is -0.338 e. The van der Waals surface area contributed by atoms with E-state index in [0.717, 1.165) is 21.3 Å². The van der Waals surface area contributed by atoms with Crippen LogP contribution in [0.15, 0.2) is 66.2 Å². The molecule has 9 heteroatoms. The smallest absolute Gasteiger partial charge is 0.257 e. The molecule has 3 heterocycles. The zero-order chi connectivity index (χ0) is 24.5. The number of para-hydroxylation sites is 1. The summed E-state index contributed by atoms with van der Waals surface area (Å²) in [6.07, 6.45) is 1.50. The predicted molar refractivity (Wildman–Crippen MR) is 142 cm³/mol. The van der Waals surface area contributed by atoms with Crippen molar-refractivity contribution in [3.8, 4) is 0 Å². The second-order valence-corrected chi connectivity index (χ2v) is 11.0. The predicted octanol–water partition coefficient (Wildman–Crippen LogP) is 4.80. The monoisotopic (exact) mass is 504 g/mol. The van der Waals surface area contributed by atoms with E-state index in [9.17, 15) is 13.8 Å². The molecule has 1 fully saturated rings. The van der Waals surface area contributed by atoms with Gasteiger partial charge in [0.15, 0.2) is 5.82 Å². The molecule has 0 atom stereocenters. The molecular formula is C26H24N4O3S2. The molecular weight excluding hydrogens is 480 g/mol. The summed E-state index contributed by atoms with van der Waals surface area (Å²) in [6.45, 7) is 1.98. The maximum absolute atomic E-state index is 13.3. The summed E-state index contributed by atoms with van der Waals surface area (Å²) in [5.74, 6) is 0.910. The Bertz CT molecular complexity index is 1460. The number of rotatable bonds is 6. The SMILES string of the molecule is Cc1ccccc1Nc1ncc(C(=O)N(C)C2CS(=O)C2)cc1NC(=O)c1csc2ccccc12. The van der Waals surface area contributed by atoms with Crippen LogP contribution in [0, 0.1) is 6.92 Å². The maximum Gasteiger partial charge on any atom is 0.257 e. The normalized spacial score (nSPS) is 17.0. The number of aryl methyl sites for hydroxylation is 1. The molecule has 35 heavy (non-hydrogen) atoms. The Morgan fingerprint density at radius 1 is 1.09 bits per heavy atom. The van der Waals surface area contributed by atoms with E-state index in [-0.39, 0.29) is 17.9 Å². The third kappa shape index (κ3) is 4.69. The fourth-order valence-corrected chi connectivity index (χ4v) is 6.08. The number of amides is 2. The largest absolute Gasteiger partial charge is 0.338 e. The van der Waals surface area contributed by atoms with Gasteiger partial charge in [0.2, 0.25) is 0 Å². The van der Waals surface area contributed by atoms with Crippen LogP contribution in [0.3, 0.4) is 0 Å². The Labute approximate surface area is 209 Å². The highest BCUT2D eigenvalue weighted by molar-refractivity contribution is 7.86. The van der Waals surface area contributed by atoms with Gasteiger partial charge in [-0.2, -0.15) is 0 Å². The standard InChI is InChI=1S/C26H24N4O3S2/c1-16-7-3-5-9-21(16)28-24-22(29-25(31)20-13-34-23-10-6-4-8-19(20)23)11-17(12-27-24)26(32)30(2)18-14-35(33)15-18/h3-13,18H,14-15H2,1-2H3,(H,27,28)(H,29,31). The van der Waals surface area contributed by atoms with Gasteiger partial charge in [0.1, 0.15) is 0 Å². The molecule has 4 aromatic rings. The van der Waals surface area contributed by atoms with Gasteiger partial charge in [-0.3, -0.25) is 13.8 Å². The van der Waals surface area contributed by atoms with Gasteiger partial charge in [0, 0.05) is 56.7 Å². The fraction of sp³-hybridized carbons (Fsp3) is 0.192. The molecule has 2 N–H and O–H groups in total. The number of carbonyl (C=O) groups excluding carboxylic acids is 2. The van der Waals surface area contributed by atoms with E-state index in [2.05, 4.69) is 15.6 Å². The van der Waals surface area contributed by atoms with Crippen molar-refractivity contribution >= 4 is 61.2 Å². The molecule has 1 aliphatic heterocycles. The van der Waals surface area contributed by atoms with Gasteiger partial charge in [-0.15, -0.1) is 11.3 Å². The Morgan fingerprint density at radius 3 is 2.60 bits per heavy atom. The number of thiophene rings is 1. The van der Waals surface area contributed by atoms with Gasteiger partial charge >= 0.3 is 0 Å². The first-order valence-corrected chi connectivity index (χ1v) is 13.5. The summed E-state index contributed by atoms with van der Waals surface area (Å²) in [4.78, 5) is 32.5. The van der Waals surface area contributed by atoms with Crippen molar-refractivity contribution in [3.05, 3.63) is 82.9 Å². The third-order valence-electron chi connectivity index (χ3n) is 6.13. The van der Waals surface area contributed by atoms with Gasteiger partial charge in [-0.1, -0.05) is 36.4 Å². The van der Waals surface area contributed by atoms with Crippen LogP contribution in [0.5, 0.6) is 0 Å². The first-order valence-electron chi connectivity index (χ1n) is 11.1. The van der Waals surface area contributed by atoms with Crippen molar-refractivity contribution < 1.29 is 13.8 Å². The van der Waals surface area contributed by atoms with Gasteiger partial charge in [-0.25, -0.2) is 4.98 Å². The average molecular weight is 505 g/mol. The van der Waals surface area contributed by atoms with Crippen LogP contribution in [0.2, 0.25) is 0 Å². The minimum absolute atomic E-state index is 0.0525. The molecule has 0 saturated carbocycles. The van der Waals surface area contributed by atoms with E-state index in [0.29, 0.717) is 34.1 Å². The lowest BCUT2D eigenvalue weighted by molar-refractivity contribution is 0.0751. The number of carbonyl (C=O) groups is 2. The first-order chi connectivity index (χ1) is 16.9. The van der Waals surface area contributed by atoms with Gasteiger partial charge < -0.3 is 15.5 Å². The number of aromatic nitrogens is 1. The average Bonchev–Trinajstić information content (AvgIpc) is 3.28. The number of pyridine rings is 1. The number of benzene rings is 2. The molecule has 2 aromatic heterocycles. The second kappa shape index (κ2) is 9.59. The molecule has 1 saturated heterocycles.